The first-order valence-electron chi connectivity index (χ1n) is 11.7. The summed E-state index contributed by atoms with van der Waals surface area (Å²) in [6.07, 6.45) is 9.31. The second-order valence-electron chi connectivity index (χ2n) is 9.19. The number of anilines is 1. The van der Waals surface area contributed by atoms with Crippen LogP contribution in [0.15, 0.2) is 36.8 Å². The molecule has 5 heterocycles. The van der Waals surface area contributed by atoms with E-state index in [1.165, 1.54) is 25.8 Å². The molecule has 2 saturated heterocycles. The minimum Gasteiger partial charge on any atom is -0.492 e. The average molecular weight is 429 g/mol. The lowest BCUT2D eigenvalue weighted by molar-refractivity contribution is 0.174. The Labute approximate surface area is 188 Å². The number of ether oxygens (including phenoxy) is 1. The molecule has 2 unspecified atom stereocenters. The van der Waals surface area contributed by atoms with Crippen LogP contribution in [0.1, 0.15) is 38.7 Å². The molecule has 3 aromatic rings. The van der Waals surface area contributed by atoms with Gasteiger partial charge in [-0.2, -0.15) is 10.4 Å². The normalized spacial score (nSPS) is 26.6. The van der Waals surface area contributed by atoms with Gasteiger partial charge < -0.3 is 9.64 Å². The van der Waals surface area contributed by atoms with Gasteiger partial charge in [-0.05, 0) is 57.5 Å². The van der Waals surface area contributed by atoms with E-state index in [1.807, 2.05) is 25.4 Å². The van der Waals surface area contributed by atoms with Gasteiger partial charge >= 0.3 is 0 Å². The van der Waals surface area contributed by atoms with Crippen molar-refractivity contribution in [3.8, 4) is 22.9 Å². The molecule has 7 heteroatoms. The monoisotopic (exact) mass is 428 g/mol. The molecule has 0 amide bonds. The molecule has 3 aliphatic rings. The first-order valence-corrected chi connectivity index (χ1v) is 11.7. The largest absolute Gasteiger partial charge is 0.492 e. The summed E-state index contributed by atoms with van der Waals surface area (Å²) in [4.78, 5) is 10.1. The lowest BCUT2D eigenvalue weighted by atomic mass is 9.93. The Morgan fingerprint density at radius 1 is 1.19 bits per heavy atom. The van der Waals surface area contributed by atoms with Gasteiger partial charge in [-0.15, -0.1) is 0 Å². The van der Waals surface area contributed by atoms with E-state index in [4.69, 9.17) is 9.72 Å². The molecule has 0 radical (unpaired) electrons. The standard InChI is InChI=1S/C25H28N6O/c1-3-29-10-5-8-25-9-11-30(24(25)23(25)29)21-7-6-17(14-27-21)20-12-19(32-4-2)16-31-22(20)18(13-26)15-28-31/h6-7,12,14-16,23-24H,3-5,8-11H2,1-2H3/t23?,24?,25-/m1/s1. The molecule has 3 atom stereocenters. The number of pyridine rings is 2. The van der Waals surface area contributed by atoms with E-state index in [1.54, 1.807) is 10.7 Å². The number of likely N-dealkylation sites (N-methyl/N-ethyl adjacent to an activating group) is 1. The fourth-order valence-electron chi connectivity index (χ4n) is 6.40. The lowest BCUT2D eigenvalue weighted by Gasteiger charge is -2.31. The quantitative estimate of drug-likeness (QED) is 0.617. The van der Waals surface area contributed by atoms with Crippen molar-refractivity contribution < 1.29 is 4.74 Å². The molecule has 3 aromatic heterocycles. The van der Waals surface area contributed by atoms with Gasteiger partial charge in [0.1, 0.15) is 17.6 Å². The molecule has 164 valence electrons. The summed E-state index contributed by atoms with van der Waals surface area (Å²) in [7, 11) is 0. The van der Waals surface area contributed by atoms with E-state index in [0.29, 0.717) is 29.7 Å². The molecule has 0 N–H and O–H groups in total. The van der Waals surface area contributed by atoms with Gasteiger partial charge in [0.05, 0.1) is 36.1 Å². The molecule has 3 fully saturated rings. The number of rotatable bonds is 5. The number of hydrogen-bond acceptors (Lipinski definition) is 6. The Bertz CT molecular complexity index is 1210. The smallest absolute Gasteiger partial charge is 0.138 e. The van der Waals surface area contributed by atoms with E-state index < -0.39 is 0 Å². The fraction of sp³-hybridized carbons (Fsp3) is 0.480. The third-order valence-corrected chi connectivity index (χ3v) is 7.78. The SMILES string of the molecule is CCOc1cc(-c2ccc(N3CC[C@]45CCCN(CC)C4C35)nc2)c2c(C#N)cnn2c1. The van der Waals surface area contributed by atoms with Crippen LogP contribution < -0.4 is 9.64 Å². The Balaban J connectivity index is 1.34. The van der Waals surface area contributed by atoms with Crippen LogP contribution >= 0.6 is 0 Å². The predicted octanol–water partition coefficient (Wildman–Crippen LogP) is 3.73. The molecule has 6 rings (SSSR count). The second-order valence-corrected chi connectivity index (χ2v) is 9.19. The van der Waals surface area contributed by atoms with Gasteiger partial charge in [0.25, 0.3) is 0 Å². The highest BCUT2D eigenvalue weighted by Gasteiger charge is 2.72. The number of likely N-dealkylation sites (tertiary alicyclic amines) is 1. The Hall–Kier alpha value is -3.11. The van der Waals surface area contributed by atoms with Crippen molar-refractivity contribution in [3.63, 3.8) is 0 Å². The number of fused-ring (bicyclic) bond motifs is 2. The molecule has 7 nitrogen and oxygen atoms in total. The summed E-state index contributed by atoms with van der Waals surface area (Å²) < 4.78 is 7.47. The van der Waals surface area contributed by atoms with E-state index in [0.717, 1.165) is 41.3 Å². The van der Waals surface area contributed by atoms with Crippen molar-refractivity contribution in [2.24, 2.45) is 5.41 Å². The molecular weight excluding hydrogens is 400 g/mol. The first kappa shape index (κ1) is 19.6. The molecule has 0 bridgehead atoms. The maximum Gasteiger partial charge on any atom is 0.138 e. The van der Waals surface area contributed by atoms with Crippen LogP contribution in [0.2, 0.25) is 0 Å². The minimum atomic E-state index is 0.492. The molecular formula is C25H28N6O. The van der Waals surface area contributed by atoms with Crippen LogP contribution in [0, 0.1) is 16.7 Å². The van der Waals surface area contributed by atoms with Crippen molar-refractivity contribution in [1.29, 1.82) is 5.26 Å². The van der Waals surface area contributed by atoms with Crippen LogP contribution in [0.25, 0.3) is 16.6 Å². The van der Waals surface area contributed by atoms with Gasteiger partial charge in [0.15, 0.2) is 0 Å². The number of hydrogen-bond donors (Lipinski definition) is 0. The van der Waals surface area contributed by atoms with Gasteiger partial charge in [-0.25, -0.2) is 9.50 Å². The highest BCUT2D eigenvalue weighted by molar-refractivity contribution is 5.85. The number of nitrogens with zero attached hydrogens (tertiary/aromatic N) is 6. The van der Waals surface area contributed by atoms with Gasteiger partial charge in [-0.3, -0.25) is 4.90 Å². The zero-order chi connectivity index (χ0) is 21.9. The van der Waals surface area contributed by atoms with Crippen LogP contribution in [-0.2, 0) is 0 Å². The molecule has 1 aliphatic carbocycles. The van der Waals surface area contributed by atoms with E-state index in [9.17, 15) is 5.26 Å². The zero-order valence-electron chi connectivity index (χ0n) is 18.7. The minimum absolute atomic E-state index is 0.492. The van der Waals surface area contributed by atoms with Gasteiger partial charge in [-0.1, -0.05) is 6.92 Å². The van der Waals surface area contributed by atoms with Crippen molar-refractivity contribution in [2.45, 2.75) is 45.2 Å². The van der Waals surface area contributed by atoms with Crippen LogP contribution in [-0.4, -0.2) is 57.8 Å². The number of nitriles is 1. The Morgan fingerprint density at radius 3 is 2.84 bits per heavy atom. The van der Waals surface area contributed by atoms with E-state index in [-0.39, 0.29) is 0 Å². The lowest BCUT2D eigenvalue weighted by Crippen LogP contribution is -2.39. The third-order valence-electron chi connectivity index (χ3n) is 7.78. The van der Waals surface area contributed by atoms with E-state index >= 15 is 0 Å². The summed E-state index contributed by atoms with van der Waals surface area (Å²) in [5.41, 5.74) is 3.72. The summed E-state index contributed by atoms with van der Waals surface area (Å²) in [5, 5.41) is 13.9. The third kappa shape index (κ3) is 2.69. The number of piperidine rings is 2. The highest BCUT2D eigenvalue weighted by Crippen LogP contribution is 2.64. The number of aromatic nitrogens is 3. The van der Waals surface area contributed by atoms with Crippen molar-refractivity contribution in [1.82, 2.24) is 19.5 Å². The summed E-state index contributed by atoms with van der Waals surface area (Å²) in [5.74, 6) is 1.79. The van der Waals surface area contributed by atoms with E-state index in [2.05, 4.69) is 40.0 Å². The van der Waals surface area contributed by atoms with Gasteiger partial charge in [0.2, 0.25) is 0 Å². The van der Waals surface area contributed by atoms with Crippen molar-refractivity contribution in [3.05, 3.63) is 42.4 Å². The maximum absolute atomic E-state index is 9.57. The zero-order valence-corrected chi connectivity index (χ0v) is 18.7. The highest BCUT2D eigenvalue weighted by atomic mass is 16.5. The molecule has 1 spiro atoms. The summed E-state index contributed by atoms with van der Waals surface area (Å²) >= 11 is 0. The molecule has 0 aromatic carbocycles. The Kier molecular flexibility index (Phi) is 4.41. The molecule has 1 saturated carbocycles. The fourth-order valence-corrected chi connectivity index (χ4v) is 6.40. The van der Waals surface area contributed by atoms with Crippen LogP contribution in [0.3, 0.4) is 0 Å². The topological polar surface area (TPSA) is 69.7 Å². The van der Waals surface area contributed by atoms with Gasteiger partial charge in [0, 0.05) is 35.3 Å². The molecule has 2 aliphatic heterocycles. The summed E-state index contributed by atoms with van der Waals surface area (Å²) in [6.45, 7) is 8.29. The average Bonchev–Trinajstić information content (AvgIpc) is 3.12. The van der Waals surface area contributed by atoms with Crippen LogP contribution in [0.5, 0.6) is 5.75 Å². The second kappa shape index (κ2) is 7.21. The predicted molar refractivity (Wildman–Crippen MR) is 123 cm³/mol. The maximum atomic E-state index is 9.57. The van der Waals surface area contributed by atoms with Crippen LogP contribution in [0.4, 0.5) is 5.82 Å². The van der Waals surface area contributed by atoms with Crippen molar-refractivity contribution >= 4 is 11.3 Å². The summed E-state index contributed by atoms with van der Waals surface area (Å²) in [6, 6.07) is 9.81. The molecule has 32 heavy (non-hydrogen) atoms. The first-order chi connectivity index (χ1) is 15.7. The van der Waals surface area contributed by atoms with Crippen molar-refractivity contribution in [2.75, 3.05) is 31.1 Å². The Morgan fingerprint density at radius 2 is 2.09 bits per heavy atom.